The zero-order valence-electron chi connectivity index (χ0n) is 21.5. The van der Waals surface area contributed by atoms with Crippen LogP contribution >= 0.6 is 0 Å². The van der Waals surface area contributed by atoms with Gasteiger partial charge in [0.15, 0.2) is 0 Å². The molecule has 2 amide bonds. The van der Waals surface area contributed by atoms with Crippen LogP contribution in [0.15, 0.2) is 59.4 Å². The van der Waals surface area contributed by atoms with Crippen LogP contribution in [0.25, 0.3) is 10.9 Å². The summed E-state index contributed by atoms with van der Waals surface area (Å²) in [6.45, 7) is 4.74. The molecule has 0 spiro atoms. The molecule has 4 aromatic rings. The number of ether oxygens (including phenoxy) is 1. The minimum atomic E-state index is -0.932. The van der Waals surface area contributed by atoms with Crippen molar-refractivity contribution in [1.82, 2.24) is 30.5 Å². The highest BCUT2D eigenvalue weighted by atomic mass is 16.5. The van der Waals surface area contributed by atoms with Crippen molar-refractivity contribution in [3.8, 4) is 11.6 Å². The van der Waals surface area contributed by atoms with Gasteiger partial charge in [-0.2, -0.15) is 0 Å². The molecule has 0 radical (unpaired) electrons. The Morgan fingerprint density at radius 3 is 2.56 bits per heavy atom. The van der Waals surface area contributed by atoms with E-state index in [-0.39, 0.29) is 18.0 Å². The molecule has 5 rings (SSSR count). The number of hydrogen-bond acceptors (Lipinski definition) is 7. The van der Waals surface area contributed by atoms with Gasteiger partial charge < -0.3 is 30.4 Å². The molecule has 5 N–H and O–H groups in total. The fourth-order valence-electron chi connectivity index (χ4n) is 4.70. The number of aromatic nitrogens is 3. The van der Waals surface area contributed by atoms with Crippen molar-refractivity contribution in [3.05, 3.63) is 87.6 Å². The van der Waals surface area contributed by atoms with Crippen molar-refractivity contribution >= 4 is 22.7 Å². The zero-order chi connectivity index (χ0) is 27.4. The van der Waals surface area contributed by atoms with Crippen LogP contribution in [-0.2, 0) is 11.4 Å². The number of H-pyrrole nitrogens is 2. The third-order valence-electron chi connectivity index (χ3n) is 6.68. The number of nitrogens with one attached hydrogen (secondary N) is 4. The monoisotopic (exact) mass is 530 g/mol. The number of pyridine rings is 1. The average Bonchev–Trinajstić information content (AvgIpc) is 3.29. The SMILES string of the molecule is Cc1cc(COc2ccc(C(=O)NC(CC(=O)N3CCNCC3)c3[nH]c(=O)[nH]c3O)cc2)c2ccccc2n1. The average molecular weight is 531 g/mol. The number of amides is 2. The first-order valence-electron chi connectivity index (χ1n) is 12.8. The van der Waals surface area contributed by atoms with E-state index in [0.29, 0.717) is 44.1 Å². The Morgan fingerprint density at radius 1 is 1.10 bits per heavy atom. The molecule has 202 valence electrons. The first kappa shape index (κ1) is 26.0. The largest absolute Gasteiger partial charge is 0.493 e. The van der Waals surface area contributed by atoms with Gasteiger partial charge in [0.1, 0.15) is 18.1 Å². The first-order chi connectivity index (χ1) is 18.9. The molecule has 1 atom stereocenters. The summed E-state index contributed by atoms with van der Waals surface area (Å²) >= 11 is 0. The van der Waals surface area contributed by atoms with Crippen molar-refractivity contribution in [2.45, 2.75) is 26.0 Å². The van der Waals surface area contributed by atoms with Gasteiger partial charge >= 0.3 is 5.69 Å². The third kappa shape index (κ3) is 6.10. The molecule has 11 heteroatoms. The molecule has 1 aliphatic rings. The maximum atomic E-state index is 13.1. The van der Waals surface area contributed by atoms with E-state index in [2.05, 4.69) is 25.6 Å². The molecule has 1 saturated heterocycles. The van der Waals surface area contributed by atoms with Gasteiger partial charge in [-0.05, 0) is 43.3 Å². The van der Waals surface area contributed by atoms with Crippen LogP contribution < -0.4 is 21.1 Å². The predicted octanol–water partition coefficient (Wildman–Crippen LogP) is 2.14. The van der Waals surface area contributed by atoms with Crippen molar-refractivity contribution in [2.24, 2.45) is 0 Å². The summed E-state index contributed by atoms with van der Waals surface area (Å²) in [5.41, 5.74) is 2.58. The van der Waals surface area contributed by atoms with Gasteiger partial charge in [-0.15, -0.1) is 0 Å². The molecule has 0 aliphatic carbocycles. The normalized spacial score (nSPS) is 14.2. The van der Waals surface area contributed by atoms with Gasteiger partial charge in [0.05, 0.1) is 18.0 Å². The van der Waals surface area contributed by atoms with E-state index in [1.807, 2.05) is 37.3 Å². The first-order valence-corrected chi connectivity index (χ1v) is 12.8. The number of hydrogen-bond donors (Lipinski definition) is 5. The molecule has 1 aliphatic heterocycles. The molecule has 11 nitrogen and oxygen atoms in total. The fourth-order valence-corrected chi connectivity index (χ4v) is 4.70. The summed E-state index contributed by atoms with van der Waals surface area (Å²) in [6.07, 6.45) is -0.117. The van der Waals surface area contributed by atoms with Crippen LogP contribution in [0.1, 0.15) is 39.8 Å². The molecule has 1 unspecified atom stereocenters. The maximum absolute atomic E-state index is 13.1. The number of fused-ring (bicyclic) bond motifs is 1. The summed E-state index contributed by atoms with van der Waals surface area (Å²) in [5.74, 6) is -0.480. The van der Waals surface area contributed by atoms with E-state index in [4.69, 9.17) is 4.74 Å². The Hall–Kier alpha value is -4.64. The number of nitrogens with zero attached hydrogens (tertiary/aromatic N) is 2. The quantitative estimate of drug-likeness (QED) is 0.234. The Morgan fingerprint density at radius 2 is 1.85 bits per heavy atom. The lowest BCUT2D eigenvalue weighted by Gasteiger charge is -2.29. The van der Waals surface area contributed by atoms with E-state index < -0.39 is 23.5 Å². The molecule has 3 heterocycles. The van der Waals surface area contributed by atoms with Crippen LogP contribution in [0, 0.1) is 6.92 Å². The van der Waals surface area contributed by atoms with E-state index >= 15 is 0 Å². The molecule has 0 bridgehead atoms. The number of rotatable bonds is 8. The van der Waals surface area contributed by atoms with Gasteiger partial charge in [0, 0.05) is 48.4 Å². The van der Waals surface area contributed by atoms with Gasteiger partial charge in [-0.3, -0.25) is 19.6 Å². The lowest BCUT2D eigenvalue weighted by atomic mass is 10.1. The number of carbonyl (C=O) groups excluding carboxylic acids is 2. The summed E-state index contributed by atoms with van der Waals surface area (Å²) in [6, 6.07) is 15.6. The number of para-hydroxylation sites is 1. The number of aromatic hydroxyl groups is 1. The van der Waals surface area contributed by atoms with Crippen molar-refractivity contribution in [3.63, 3.8) is 0 Å². The van der Waals surface area contributed by atoms with E-state index in [1.54, 1.807) is 29.2 Å². The summed E-state index contributed by atoms with van der Waals surface area (Å²) < 4.78 is 5.99. The molecule has 0 saturated carbocycles. The topological polar surface area (TPSA) is 152 Å². The molecular weight excluding hydrogens is 500 g/mol. The van der Waals surface area contributed by atoms with Crippen LogP contribution in [-0.4, -0.2) is 63.0 Å². The molecule has 39 heavy (non-hydrogen) atoms. The van der Waals surface area contributed by atoms with Crippen LogP contribution in [0.5, 0.6) is 11.6 Å². The van der Waals surface area contributed by atoms with Crippen molar-refractivity contribution in [1.29, 1.82) is 0 Å². The van der Waals surface area contributed by atoms with E-state index in [9.17, 15) is 19.5 Å². The summed E-state index contributed by atoms with van der Waals surface area (Å²) in [4.78, 5) is 48.7. The highest BCUT2D eigenvalue weighted by molar-refractivity contribution is 5.95. The van der Waals surface area contributed by atoms with E-state index in [0.717, 1.165) is 22.2 Å². The van der Waals surface area contributed by atoms with Crippen LogP contribution in [0.2, 0.25) is 0 Å². The van der Waals surface area contributed by atoms with Gasteiger partial charge in [0.25, 0.3) is 5.91 Å². The highest BCUT2D eigenvalue weighted by Crippen LogP contribution is 2.24. The summed E-state index contributed by atoms with van der Waals surface area (Å²) in [7, 11) is 0. The molecule has 2 aromatic carbocycles. The smallest absolute Gasteiger partial charge is 0.326 e. The maximum Gasteiger partial charge on any atom is 0.326 e. The van der Waals surface area contributed by atoms with Crippen molar-refractivity contribution in [2.75, 3.05) is 26.2 Å². The lowest BCUT2D eigenvalue weighted by Crippen LogP contribution is -2.47. The standard InChI is InChI=1S/C28H30N6O5/c1-17-14-19(21-4-2-3-5-22(21)30-17)16-39-20-8-6-18(7-9-20)26(36)31-23(25-27(37)33-28(38)32-25)15-24(35)34-12-10-29-11-13-34/h2-9,14,23,29,37H,10-13,15-16H2,1H3,(H,31,36)(H2,32,33,38). The van der Waals surface area contributed by atoms with Gasteiger partial charge in [0.2, 0.25) is 11.8 Å². The second kappa shape index (κ2) is 11.4. The minimum Gasteiger partial charge on any atom is -0.493 e. The Labute approximate surface area is 224 Å². The number of aromatic amines is 2. The number of benzene rings is 2. The Bertz CT molecular complexity index is 1540. The predicted molar refractivity (Wildman–Crippen MR) is 145 cm³/mol. The molecular formula is C28H30N6O5. The number of imidazole rings is 1. The lowest BCUT2D eigenvalue weighted by molar-refractivity contribution is -0.132. The summed E-state index contributed by atoms with van der Waals surface area (Å²) in [5, 5.41) is 17.2. The third-order valence-corrected chi connectivity index (χ3v) is 6.68. The second-order valence-electron chi connectivity index (χ2n) is 9.46. The fraction of sp³-hybridized carbons (Fsp3) is 0.286. The van der Waals surface area contributed by atoms with Crippen LogP contribution in [0.4, 0.5) is 0 Å². The zero-order valence-corrected chi connectivity index (χ0v) is 21.5. The highest BCUT2D eigenvalue weighted by Gasteiger charge is 2.27. The van der Waals surface area contributed by atoms with Crippen molar-refractivity contribution < 1.29 is 19.4 Å². The minimum absolute atomic E-state index is 0.0525. The Balaban J connectivity index is 1.27. The number of carbonyl (C=O) groups is 2. The van der Waals surface area contributed by atoms with Gasteiger partial charge in [-0.25, -0.2) is 4.79 Å². The second-order valence-corrected chi connectivity index (χ2v) is 9.46. The van der Waals surface area contributed by atoms with E-state index in [1.165, 1.54) is 0 Å². The number of piperazine rings is 1. The van der Waals surface area contributed by atoms with Gasteiger partial charge in [-0.1, -0.05) is 18.2 Å². The number of aryl methyl sites for hydroxylation is 1. The molecule has 2 aromatic heterocycles. The van der Waals surface area contributed by atoms with Crippen LogP contribution in [0.3, 0.4) is 0 Å². The molecule has 1 fully saturated rings. The Kier molecular flexibility index (Phi) is 7.60.